The van der Waals surface area contributed by atoms with Crippen molar-refractivity contribution < 1.29 is 4.79 Å². The molecule has 28 heavy (non-hydrogen) atoms. The molecular weight excluding hydrogens is 352 g/mol. The molecule has 3 aromatic heterocycles. The molecule has 4 rings (SSSR count). The van der Waals surface area contributed by atoms with E-state index in [4.69, 9.17) is 0 Å². The number of likely N-dealkylation sites (tertiary alicyclic amines) is 1. The summed E-state index contributed by atoms with van der Waals surface area (Å²) in [5, 5.41) is 0. The average Bonchev–Trinajstić information content (AvgIpc) is 3.17. The lowest BCUT2D eigenvalue weighted by molar-refractivity contribution is 0.0594. The summed E-state index contributed by atoms with van der Waals surface area (Å²) in [4.78, 5) is 32.2. The molecule has 1 atom stereocenters. The van der Waals surface area contributed by atoms with Gasteiger partial charge in [-0.2, -0.15) is 0 Å². The fourth-order valence-corrected chi connectivity index (χ4v) is 3.75. The van der Waals surface area contributed by atoms with E-state index in [1.165, 1.54) is 0 Å². The van der Waals surface area contributed by atoms with Crippen LogP contribution in [-0.4, -0.2) is 47.9 Å². The largest absolute Gasteiger partial charge is 0.336 e. The van der Waals surface area contributed by atoms with E-state index >= 15 is 0 Å². The van der Waals surface area contributed by atoms with E-state index in [2.05, 4.69) is 24.5 Å². The van der Waals surface area contributed by atoms with Gasteiger partial charge in [0.1, 0.15) is 5.82 Å². The second-order valence-electron chi connectivity index (χ2n) is 7.14. The van der Waals surface area contributed by atoms with Crippen LogP contribution < -0.4 is 0 Å². The molecule has 1 aliphatic heterocycles. The van der Waals surface area contributed by atoms with Gasteiger partial charge in [-0.05, 0) is 44.7 Å². The number of piperidine rings is 1. The Hall–Kier alpha value is -3.09. The summed E-state index contributed by atoms with van der Waals surface area (Å²) < 4.78 is 2.14. The molecule has 0 radical (unpaired) electrons. The topological polar surface area (TPSA) is 76.8 Å². The van der Waals surface area contributed by atoms with E-state index in [-0.39, 0.29) is 11.9 Å². The fourth-order valence-electron chi connectivity index (χ4n) is 3.75. The van der Waals surface area contributed by atoms with Gasteiger partial charge >= 0.3 is 0 Å². The molecule has 0 bridgehead atoms. The molecule has 1 amide bonds. The minimum Gasteiger partial charge on any atom is -0.336 e. The van der Waals surface area contributed by atoms with Crippen molar-refractivity contribution in [2.45, 2.75) is 45.2 Å². The molecular formula is C21H24N6O. The Morgan fingerprint density at radius 3 is 2.61 bits per heavy atom. The number of aryl methyl sites for hydroxylation is 2. The first-order valence-corrected chi connectivity index (χ1v) is 9.73. The Kier molecular flexibility index (Phi) is 5.41. The first-order chi connectivity index (χ1) is 13.7. The van der Waals surface area contributed by atoms with Gasteiger partial charge in [0.05, 0.1) is 5.56 Å². The first kappa shape index (κ1) is 18.3. The molecule has 0 aromatic carbocycles. The molecule has 0 saturated carbocycles. The van der Waals surface area contributed by atoms with E-state index in [1.54, 1.807) is 24.8 Å². The molecule has 7 heteroatoms. The third-order valence-corrected chi connectivity index (χ3v) is 5.35. The van der Waals surface area contributed by atoms with Gasteiger partial charge in [0.25, 0.3) is 5.91 Å². The maximum absolute atomic E-state index is 13.1. The number of carbonyl (C=O) groups excluding carboxylic acids is 1. The van der Waals surface area contributed by atoms with Crippen LogP contribution >= 0.6 is 0 Å². The van der Waals surface area contributed by atoms with Crippen molar-refractivity contribution >= 4 is 5.91 Å². The van der Waals surface area contributed by atoms with Crippen molar-refractivity contribution in [2.75, 3.05) is 6.54 Å². The van der Waals surface area contributed by atoms with Crippen LogP contribution in [0.3, 0.4) is 0 Å². The highest BCUT2D eigenvalue weighted by molar-refractivity contribution is 5.94. The highest BCUT2D eigenvalue weighted by atomic mass is 16.2. The SMILES string of the molecule is Cc1nccn1CC[C@H]1CCCCN1C(=O)c1cnc(-c2ccncc2)nc1. The lowest BCUT2D eigenvalue weighted by atomic mass is 9.98. The van der Waals surface area contributed by atoms with Gasteiger partial charge in [0.2, 0.25) is 0 Å². The Bertz CT molecular complexity index is 922. The van der Waals surface area contributed by atoms with Crippen molar-refractivity contribution in [2.24, 2.45) is 0 Å². The lowest BCUT2D eigenvalue weighted by Gasteiger charge is -2.36. The van der Waals surface area contributed by atoms with Gasteiger partial charge in [0, 0.05) is 61.9 Å². The van der Waals surface area contributed by atoms with Gasteiger partial charge in [0.15, 0.2) is 5.82 Å². The van der Waals surface area contributed by atoms with E-state index < -0.39 is 0 Å². The Labute approximate surface area is 164 Å². The Morgan fingerprint density at radius 2 is 1.89 bits per heavy atom. The quantitative estimate of drug-likeness (QED) is 0.684. The van der Waals surface area contributed by atoms with Crippen LogP contribution in [0, 0.1) is 6.92 Å². The van der Waals surface area contributed by atoms with Gasteiger partial charge in [-0.25, -0.2) is 15.0 Å². The average molecular weight is 376 g/mol. The fraction of sp³-hybridized carbons (Fsp3) is 0.381. The van der Waals surface area contributed by atoms with E-state index in [0.717, 1.165) is 50.2 Å². The highest BCUT2D eigenvalue weighted by Crippen LogP contribution is 2.23. The minimum atomic E-state index is 0.0216. The van der Waals surface area contributed by atoms with Gasteiger partial charge in [-0.1, -0.05) is 0 Å². The van der Waals surface area contributed by atoms with E-state index in [0.29, 0.717) is 11.4 Å². The maximum atomic E-state index is 13.1. The summed E-state index contributed by atoms with van der Waals surface area (Å²) in [5.41, 5.74) is 1.43. The molecule has 0 unspecified atom stereocenters. The number of carbonyl (C=O) groups is 1. The van der Waals surface area contributed by atoms with Gasteiger partial charge in [-0.15, -0.1) is 0 Å². The number of hydrogen-bond donors (Lipinski definition) is 0. The number of aromatic nitrogens is 5. The zero-order chi connectivity index (χ0) is 19.3. The molecule has 0 N–H and O–H groups in total. The molecule has 0 aliphatic carbocycles. The Balaban J connectivity index is 1.46. The standard InChI is InChI=1S/C21H24N6O/c1-16-23-10-13-26(16)12-7-19-4-2-3-11-27(19)21(28)18-14-24-20(25-15-18)17-5-8-22-9-6-17/h5-6,8-10,13-15,19H,2-4,7,11-12H2,1H3/t19-/m1/s1. The highest BCUT2D eigenvalue weighted by Gasteiger charge is 2.27. The smallest absolute Gasteiger partial charge is 0.257 e. The van der Waals surface area contributed by atoms with Crippen LogP contribution in [0.2, 0.25) is 0 Å². The number of rotatable bonds is 5. The maximum Gasteiger partial charge on any atom is 0.257 e. The molecule has 3 aromatic rings. The number of hydrogen-bond acceptors (Lipinski definition) is 5. The van der Waals surface area contributed by atoms with Crippen molar-refractivity contribution in [1.29, 1.82) is 0 Å². The summed E-state index contributed by atoms with van der Waals surface area (Å²) in [7, 11) is 0. The summed E-state index contributed by atoms with van der Waals surface area (Å²) in [5.74, 6) is 1.63. The van der Waals surface area contributed by atoms with Gasteiger partial charge in [-0.3, -0.25) is 9.78 Å². The third kappa shape index (κ3) is 3.93. The minimum absolute atomic E-state index is 0.0216. The zero-order valence-electron chi connectivity index (χ0n) is 16.0. The summed E-state index contributed by atoms with van der Waals surface area (Å²) in [6.07, 6.45) is 14.7. The predicted molar refractivity (Wildman–Crippen MR) is 106 cm³/mol. The molecule has 1 saturated heterocycles. The number of pyridine rings is 1. The first-order valence-electron chi connectivity index (χ1n) is 9.73. The molecule has 0 spiro atoms. The molecule has 1 fully saturated rings. The Morgan fingerprint density at radius 1 is 1.11 bits per heavy atom. The summed E-state index contributed by atoms with van der Waals surface area (Å²) in [6, 6.07) is 3.95. The van der Waals surface area contributed by atoms with Crippen molar-refractivity contribution in [3.05, 3.63) is 60.7 Å². The van der Waals surface area contributed by atoms with Crippen LogP contribution in [-0.2, 0) is 6.54 Å². The van der Waals surface area contributed by atoms with Crippen LogP contribution in [0.4, 0.5) is 0 Å². The summed E-state index contributed by atoms with van der Waals surface area (Å²) in [6.45, 7) is 3.67. The van der Waals surface area contributed by atoms with E-state index in [9.17, 15) is 4.79 Å². The van der Waals surface area contributed by atoms with Crippen molar-refractivity contribution in [3.63, 3.8) is 0 Å². The van der Waals surface area contributed by atoms with Crippen LogP contribution in [0.1, 0.15) is 41.9 Å². The van der Waals surface area contributed by atoms with Crippen LogP contribution in [0.15, 0.2) is 49.3 Å². The second-order valence-corrected chi connectivity index (χ2v) is 7.14. The molecule has 144 valence electrons. The number of nitrogens with zero attached hydrogens (tertiary/aromatic N) is 6. The van der Waals surface area contributed by atoms with Crippen LogP contribution in [0.25, 0.3) is 11.4 Å². The second kappa shape index (κ2) is 8.29. The monoisotopic (exact) mass is 376 g/mol. The molecule has 1 aliphatic rings. The predicted octanol–water partition coefficient (Wildman–Crippen LogP) is 3.13. The van der Waals surface area contributed by atoms with Gasteiger partial charge < -0.3 is 9.47 Å². The normalized spacial score (nSPS) is 16.9. The number of amides is 1. The molecule has 4 heterocycles. The lowest BCUT2D eigenvalue weighted by Crippen LogP contribution is -2.44. The van der Waals surface area contributed by atoms with Crippen LogP contribution in [0.5, 0.6) is 0 Å². The zero-order valence-corrected chi connectivity index (χ0v) is 16.0. The van der Waals surface area contributed by atoms with Crippen molar-refractivity contribution in [3.8, 4) is 11.4 Å². The number of imidazole rings is 1. The summed E-state index contributed by atoms with van der Waals surface area (Å²) >= 11 is 0. The van der Waals surface area contributed by atoms with E-state index in [1.807, 2.05) is 36.4 Å². The van der Waals surface area contributed by atoms with Crippen molar-refractivity contribution in [1.82, 2.24) is 29.4 Å². The third-order valence-electron chi connectivity index (χ3n) is 5.35. The molecule has 7 nitrogen and oxygen atoms in total.